The number of esters is 2. The number of hydrogen-bond donors (Lipinski definition) is 0. The van der Waals surface area contributed by atoms with Crippen LogP contribution in [0.4, 0.5) is 0 Å². The van der Waals surface area contributed by atoms with E-state index in [9.17, 15) is 9.59 Å². The van der Waals surface area contributed by atoms with Crippen LogP contribution in [-0.4, -0.2) is 37.7 Å². The van der Waals surface area contributed by atoms with Crippen LogP contribution in [0.15, 0.2) is 158 Å². The predicted octanol–water partition coefficient (Wildman–Crippen LogP) is 9.61. The molecule has 0 aliphatic carbocycles. The van der Waals surface area contributed by atoms with Crippen LogP contribution in [0.5, 0.6) is 23.0 Å². The first-order valence-electron chi connectivity index (χ1n) is 17.0. The normalized spacial score (nSPS) is 11.7. The van der Waals surface area contributed by atoms with Crippen molar-refractivity contribution in [2.45, 2.75) is 39.3 Å². The van der Waals surface area contributed by atoms with Crippen molar-refractivity contribution in [1.29, 1.82) is 0 Å². The summed E-state index contributed by atoms with van der Waals surface area (Å²) < 4.78 is 36.1. The van der Waals surface area contributed by atoms with E-state index in [1.165, 1.54) is 0 Å². The Kier molecular flexibility index (Phi) is 13.3. The summed E-state index contributed by atoms with van der Waals surface area (Å²) in [4.78, 5) is 25.1. The smallest absolute Gasteiger partial charge is 0.336 e. The van der Waals surface area contributed by atoms with Gasteiger partial charge in [0.1, 0.15) is 11.5 Å². The first kappa shape index (κ1) is 37.0. The van der Waals surface area contributed by atoms with E-state index in [1.807, 2.05) is 121 Å². The molecule has 8 heteroatoms. The fourth-order valence-electron chi connectivity index (χ4n) is 5.08. The van der Waals surface area contributed by atoms with Crippen molar-refractivity contribution in [3.05, 3.63) is 158 Å². The molecule has 0 saturated heterocycles. The second-order valence-corrected chi connectivity index (χ2v) is 11.9. The zero-order valence-corrected chi connectivity index (χ0v) is 29.4. The van der Waals surface area contributed by atoms with Crippen LogP contribution in [0.3, 0.4) is 0 Å². The maximum atomic E-state index is 12.6. The van der Waals surface area contributed by atoms with E-state index < -0.39 is 24.5 Å². The SMILES string of the molecule is C=C(C)C(=O)OC(CCOc1ccccc1OCCC(OC(=O)C(=C)C)Oc1ccccc1-c1ccccc1)Oc1ccccc1-c1ccccc1. The van der Waals surface area contributed by atoms with Crippen LogP contribution in [0.25, 0.3) is 22.3 Å². The zero-order valence-electron chi connectivity index (χ0n) is 29.4. The summed E-state index contributed by atoms with van der Waals surface area (Å²) in [7, 11) is 0. The van der Waals surface area contributed by atoms with Gasteiger partial charge in [-0.2, -0.15) is 0 Å². The van der Waals surface area contributed by atoms with Gasteiger partial charge in [0.25, 0.3) is 0 Å². The summed E-state index contributed by atoms with van der Waals surface area (Å²) in [6.07, 6.45) is -1.49. The molecule has 0 fully saturated rings. The zero-order chi connectivity index (χ0) is 36.7. The van der Waals surface area contributed by atoms with E-state index in [-0.39, 0.29) is 37.2 Å². The van der Waals surface area contributed by atoms with Crippen LogP contribution in [0.1, 0.15) is 26.7 Å². The van der Waals surface area contributed by atoms with E-state index in [4.69, 9.17) is 28.4 Å². The van der Waals surface area contributed by atoms with Crippen molar-refractivity contribution in [3.8, 4) is 45.3 Å². The molecule has 0 N–H and O–H groups in total. The lowest BCUT2D eigenvalue weighted by Crippen LogP contribution is -2.27. The Morgan fingerprint density at radius 2 is 0.808 bits per heavy atom. The molecule has 0 bridgehead atoms. The van der Waals surface area contributed by atoms with Gasteiger partial charge in [-0.3, -0.25) is 0 Å². The quantitative estimate of drug-likeness (QED) is 0.0508. The molecule has 0 aliphatic heterocycles. The number of para-hydroxylation sites is 4. The van der Waals surface area contributed by atoms with Gasteiger partial charge in [-0.15, -0.1) is 0 Å². The van der Waals surface area contributed by atoms with E-state index in [0.29, 0.717) is 23.0 Å². The lowest BCUT2D eigenvalue weighted by Gasteiger charge is -2.22. The molecule has 0 amide bonds. The fraction of sp³-hybridized carbons (Fsp3) is 0.182. The molecule has 52 heavy (non-hydrogen) atoms. The summed E-state index contributed by atoms with van der Waals surface area (Å²) in [5.41, 5.74) is 4.16. The molecule has 5 aromatic carbocycles. The molecular weight excluding hydrogens is 656 g/mol. The van der Waals surface area contributed by atoms with E-state index in [0.717, 1.165) is 22.3 Å². The Balaban J connectivity index is 1.24. The molecule has 2 atom stereocenters. The van der Waals surface area contributed by atoms with Crippen molar-refractivity contribution >= 4 is 11.9 Å². The first-order chi connectivity index (χ1) is 25.3. The molecule has 0 spiro atoms. The summed E-state index contributed by atoms with van der Waals surface area (Å²) in [6, 6.07) is 42.0. The average Bonchev–Trinajstić information content (AvgIpc) is 3.16. The van der Waals surface area contributed by atoms with Gasteiger partial charge < -0.3 is 28.4 Å². The number of carbonyl (C=O) groups is 2. The maximum Gasteiger partial charge on any atom is 0.336 e. The summed E-state index contributed by atoms with van der Waals surface area (Å²) in [6.45, 7) is 10.9. The van der Waals surface area contributed by atoms with Crippen LogP contribution in [0.2, 0.25) is 0 Å². The lowest BCUT2D eigenvalue weighted by molar-refractivity contribution is -0.161. The van der Waals surface area contributed by atoms with Gasteiger partial charge in [0.2, 0.25) is 12.6 Å². The van der Waals surface area contributed by atoms with Gasteiger partial charge in [-0.25, -0.2) is 9.59 Å². The third-order valence-corrected chi connectivity index (χ3v) is 7.71. The summed E-state index contributed by atoms with van der Waals surface area (Å²) in [5, 5.41) is 0. The van der Waals surface area contributed by atoms with E-state index in [2.05, 4.69) is 13.2 Å². The fourth-order valence-corrected chi connectivity index (χ4v) is 5.08. The van der Waals surface area contributed by atoms with Crippen LogP contribution in [0, 0.1) is 0 Å². The molecule has 0 aliphatic rings. The second kappa shape index (κ2) is 18.6. The molecule has 0 saturated carbocycles. The highest BCUT2D eigenvalue weighted by Gasteiger charge is 2.21. The number of carbonyl (C=O) groups excluding carboxylic acids is 2. The number of benzene rings is 5. The minimum absolute atomic E-state index is 0.139. The van der Waals surface area contributed by atoms with Crippen molar-refractivity contribution in [2.24, 2.45) is 0 Å². The molecular formula is C44H42O8. The number of rotatable bonds is 18. The Labute approximate surface area is 304 Å². The van der Waals surface area contributed by atoms with Gasteiger partial charge in [0.15, 0.2) is 11.5 Å². The van der Waals surface area contributed by atoms with Gasteiger partial charge >= 0.3 is 11.9 Å². The predicted molar refractivity (Wildman–Crippen MR) is 201 cm³/mol. The highest BCUT2D eigenvalue weighted by molar-refractivity contribution is 5.87. The molecule has 0 aromatic heterocycles. The summed E-state index contributed by atoms with van der Waals surface area (Å²) >= 11 is 0. The molecule has 0 heterocycles. The highest BCUT2D eigenvalue weighted by Crippen LogP contribution is 2.33. The van der Waals surface area contributed by atoms with Crippen LogP contribution in [-0.2, 0) is 19.1 Å². The minimum atomic E-state index is -0.957. The second-order valence-electron chi connectivity index (χ2n) is 11.9. The third kappa shape index (κ3) is 10.6. The van der Waals surface area contributed by atoms with Crippen LogP contribution < -0.4 is 18.9 Å². The van der Waals surface area contributed by atoms with E-state index >= 15 is 0 Å². The first-order valence-corrected chi connectivity index (χ1v) is 17.0. The Hall–Kier alpha value is -6.28. The lowest BCUT2D eigenvalue weighted by atomic mass is 10.1. The maximum absolute atomic E-state index is 12.6. The Morgan fingerprint density at radius 1 is 0.481 bits per heavy atom. The molecule has 5 rings (SSSR count). The largest absolute Gasteiger partial charge is 0.489 e. The number of hydrogen-bond acceptors (Lipinski definition) is 8. The molecule has 8 nitrogen and oxygen atoms in total. The monoisotopic (exact) mass is 698 g/mol. The average molecular weight is 699 g/mol. The molecule has 2 unspecified atom stereocenters. The van der Waals surface area contributed by atoms with Gasteiger partial charge in [-0.1, -0.05) is 122 Å². The van der Waals surface area contributed by atoms with Crippen LogP contribution >= 0.6 is 0 Å². The molecule has 5 aromatic rings. The van der Waals surface area contributed by atoms with Gasteiger partial charge in [0, 0.05) is 22.3 Å². The molecule has 0 radical (unpaired) electrons. The highest BCUT2D eigenvalue weighted by atomic mass is 16.7. The van der Waals surface area contributed by atoms with Crippen molar-refractivity contribution in [3.63, 3.8) is 0 Å². The Bertz CT molecular complexity index is 1810. The third-order valence-electron chi connectivity index (χ3n) is 7.71. The Morgan fingerprint density at radius 3 is 1.17 bits per heavy atom. The van der Waals surface area contributed by atoms with Crippen molar-refractivity contribution < 1.29 is 38.0 Å². The summed E-state index contributed by atoms with van der Waals surface area (Å²) in [5.74, 6) is 0.939. The van der Waals surface area contributed by atoms with Gasteiger partial charge in [-0.05, 0) is 49.2 Å². The van der Waals surface area contributed by atoms with Crippen molar-refractivity contribution in [2.75, 3.05) is 13.2 Å². The van der Waals surface area contributed by atoms with Gasteiger partial charge in [0.05, 0.1) is 26.1 Å². The standard InChI is InChI=1S/C44H42O8/c1-31(2)43(45)51-41(49-37-23-13-11-21-35(37)33-17-7-5-8-18-33)27-29-47-39-25-15-16-26-40(39)48-30-28-42(52-44(46)32(3)4)50-38-24-14-12-22-36(38)34-19-9-6-10-20-34/h5-26,41-42H,1,3,27-30H2,2,4H3. The van der Waals surface area contributed by atoms with E-state index in [1.54, 1.807) is 26.0 Å². The molecule has 266 valence electrons. The number of ether oxygens (including phenoxy) is 6. The minimum Gasteiger partial charge on any atom is -0.489 e. The topological polar surface area (TPSA) is 89.5 Å². The van der Waals surface area contributed by atoms with Crippen molar-refractivity contribution in [1.82, 2.24) is 0 Å².